The van der Waals surface area contributed by atoms with Crippen molar-refractivity contribution < 1.29 is 4.39 Å². The molecule has 0 spiro atoms. The van der Waals surface area contributed by atoms with Gasteiger partial charge < -0.3 is 14.8 Å². The summed E-state index contributed by atoms with van der Waals surface area (Å²) in [7, 11) is 0. The van der Waals surface area contributed by atoms with E-state index in [9.17, 15) is 4.39 Å². The van der Waals surface area contributed by atoms with Gasteiger partial charge in [-0.25, -0.2) is 9.37 Å². The molecule has 6 heteroatoms. The standard InChI is InChI=1S/C21H23FN4S/c1-17-7-2-5-10-20(17)24-21(27)26(13-6-12-25-14-11-23-16-25)15-18-8-3-4-9-19(18)22/h2-5,7-11,14,16H,6,12-13,15H2,1H3,(H,24,27). The quantitative estimate of drug-likeness (QED) is 0.605. The van der Waals surface area contributed by atoms with Crippen LogP contribution in [0.3, 0.4) is 0 Å². The molecular weight excluding hydrogens is 359 g/mol. The highest BCUT2D eigenvalue weighted by Crippen LogP contribution is 2.16. The van der Waals surface area contributed by atoms with E-state index in [0.29, 0.717) is 23.8 Å². The molecule has 0 aliphatic heterocycles. The number of hydrogen-bond acceptors (Lipinski definition) is 2. The van der Waals surface area contributed by atoms with Crippen LogP contribution in [0.5, 0.6) is 0 Å². The fourth-order valence-electron chi connectivity index (χ4n) is 2.86. The molecule has 3 aromatic rings. The second kappa shape index (κ2) is 9.28. The average molecular weight is 383 g/mol. The number of rotatable bonds is 7. The van der Waals surface area contributed by atoms with Crippen LogP contribution in [-0.2, 0) is 13.1 Å². The first-order valence-corrected chi connectivity index (χ1v) is 9.35. The van der Waals surface area contributed by atoms with Crippen molar-refractivity contribution >= 4 is 23.0 Å². The molecule has 0 amide bonds. The first-order valence-electron chi connectivity index (χ1n) is 8.94. The molecule has 0 radical (unpaired) electrons. The third kappa shape index (κ3) is 5.37. The summed E-state index contributed by atoms with van der Waals surface area (Å²) in [5.74, 6) is -0.212. The zero-order valence-corrected chi connectivity index (χ0v) is 16.1. The largest absolute Gasteiger partial charge is 0.345 e. The lowest BCUT2D eigenvalue weighted by molar-refractivity contribution is 0.388. The predicted octanol–water partition coefficient (Wildman–Crippen LogP) is 4.62. The maximum atomic E-state index is 14.1. The molecule has 1 heterocycles. The lowest BCUT2D eigenvalue weighted by atomic mass is 10.2. The molecule has 140 valence electrons. The van der Waals surface area contributed by atoms with Gasteiger partial charge in [-0.05, 0) is 43.3 Å². The van der Waals surface area contributed by atoms with Crippen molar-refractivity contribution in [2.45, 2.75) is 26.4 Å². The van der Waals surface area contributed by atoms with Gasteiger partial charge >= 0.3 is 0 Å². The number of imidazole rings is 1. The van der Waals surface area contributed by atoms with Gasteiger partial charge in [-0.3, -0.25) is 0 Å². The van der Waals surface area contributed by atoms with E-state index in [0.717, 1.165) is 24.2 Å². The fraction of sp³-hybridized carbons (Fsp3) is 0.238. The van der Waals surface area contributed by atoms with Crippen molar-refractivity contribution in [3.05, 3.63) is 84.2 Å². The van der Waals surface area contributed by atoms with Crippen LogP contribution in [0.4, 0.5) is 10.1 Å². The van der Waals surface area contributed by atoms with Crippen molar-refractivity contribution in [3.8, 4) is 0 Å². The van der Waals surface area contributed by atoms with E-state index >= 15 is 0 Å². The van der Waals surface area contributed by atoms with Gasteiger partial charge in [0.05, 0.1) is 6.33 Å². The number of hydrogen-bond donors (Lipinski definition) is 1. The van der Waals surface area contributed by atoms with E-state index in [1.807, 2.05) is 52.9 Å². The highest BCUT2D eigenvalue weighted by molar-refractivity contribution is 7.80. The van der Waals surface area contributed by atoms with Crippen LogP contribution in [0.1, 0.15) is 17.5 Å². The maximum Gasteiger partial charge on any atom is 0.173 e. The van der Waals surface area contributed by atoms with Gasteiger partial charge in [0.15, 0.2) is 5.11 Å². The molecular formula is C21H23FN4S. The van der Waals surface area contributed by atoms with E-state index in [1.54, 1.807) is 24.7 Å². The van der Waals surface area contributed by atoms with Gasteiger partial charge in [0, 0.05) is 43.3 Å². The first kappa shape index (κ1) is 19.0. The lowest BCUT2D eigenvalue weighted by Gasteiger charge is -2.27. The Balaban J connectivity index is 1.70. The van der Waals surface area contributed by atoms with Crippen molar-refractivity contribution in [1.82, 2.24) is 14.5 Å². The summed E-state index contributed by atoms with van der Waals surface area (Å²) in [6.45, 7) is 4.00. The van der Waals surface area contributed by atoms with Gasteiger partial charge in [0.1, 0.15) is 5.82 Å². The minimum atomic E-state index is -0.212. The van der Waals surface area contributed by atoms with E-state index in [1.165, 1.54) is 6.07 Å². The molecule has 0 aliphatic rings. The summed E-state index contributed by atoms with van der Waals surface area (Å²) in [5, 5.41) is 3.90. The number of anilines is 1. The average Bonchev–Trinajstić information content (AvgIpc) is 3.18. The van der Waals surface area contributed by atoms with Gasteiger partial charge in [0.25, 0.3) is 0 Å². The Morgan fingerprint density at radius 3 is 2.70 bits per heavy atom. The maximum absolute atomic E-state index is 14.1. The minimum absolute atomic E-state index is 0.212. The van der Waals surface area contributed by atoms with Gasteiger partial charge in [-0.1, -0.05) is 36.4 Å². The monoisotopic (exact) mass is 382 g/mol. The number of thiocarbonyl (C=S) groups is 1. The van der Waals surface area contributed by atoms with Gasteiger partial charge in [-0.15, -0.1) is 0 Å². The Kier molecular flexibility index (Phi) is 6.54. The Hall–Kier alpha value is -2.73. The molecule has 3 rings (SSSR count). The molecule has 1 aromatic heterocycles. The molecule has 27 heavy (non-hydrogen) atoms. The van der Waals surface area contributed by atoms with E-state index in [-0.39, 0.29) is 5.82 Å². The number of para-hydroxylation sites is 1. The summed E-state index contributed by atoms with van der Waals surface area (Å²) in [4.78, 5) is 6.07. The van der Waals surface area contributed by atoms with E-state index in [2.05, 4.69) is 10.3 Å². The number of halogens is 1. The summed E-state index contributed by atoms with van der Waals surface area (Å²) in [5.41, 5.74) is 2.72. The Morgan fingerprint density at radius 2 is 1.96 bits per heavy atom. The summed E-state index contributed by atoms with van der Waals surface area (Å²) in [6.07, 6.45) is 6.37. The predicted molar refractivity (Wildman–Crippen MR) is 111 cm³/mol. The highest BCUT2D eigenvalue weighted by Gasteiger charge is 2.13. The Labute approximate surface area is 164 Å². The van der Waals surface area contributed by atoms with Crippen LogP contribution in [0.25, 0.3) is 0 Å². The van der Waals surface area contributed by atoms with Crippen LogP contribution in [0.15, 0.2) is 67.3 Å². The zero-order valence-electron chi connectivity index (χ0n) is 15.3. The van der Waals surface area contributed by atoms with Crippen molar-refractivity contribution in [3.63, 3.8) is 0 Å². The SMILES string of the molecule is Cc1ccccc1NC(=S)N(CCCn1ccnc1)Cc1ccccc1F. The number of aromatic nitrogens is 2. The number of nitrogens with zero attached hydrogens (tertiary/aromatic N) is 3. The number of benzene rings is 2. The zero-order chi connectivity index (χ0) is 19.1. The smallest absolute Gasteiger partial charge is 0.173 e. The molecule has 4 nitrogen and oxygen atoms in total. The molecule has 0 saturated carbocycles. The van der Waals surface area contributed by atoms with Crippen molar-refractivity contribution in [2.24, 2.45) is 0 Å². The van der Waals surface area contributed by atoms with Gasteiger partial charge in [-0.2, -0.15) is 0 Å². The van der Waals surface area contributed by atoms with Crippen LogP contribution in [0.2, 0.25) is 0 Å². The summed E-state index contributed by atoms with van der Waals surface area (Å²) < 4.78 is 16.2. The minimum Gasteiger partial charge on any atom is -0.345 e. The first-order chi connectivity index (χ1) is 13.1. The second-order valence-corrected chi connectivity index (χ2v) is 6.80. The van der Waals surface area contributed by atoms with Crippen LogP contribution >= 0.6 is 12.2 Å². The lowest BCUT2D eigenvalue weighted by Crippen LogP contribution is -2.35. The summed E-state index contributed by atoms with van der Waals surface area (Å²) in [6, 6.07) is 14.8. The Morgan fingerprint density at radius 1 is 1.19 bits per heavy atom. The van der Waals surface area contributed by atoms with Crippen LogP contribution < -0.4 is 5.32 Å². The summed E-state index contributed by atoms with van der Waals surface area (Å²) >= 11 is 5.65. The Bertz CT molecular complexity index is 879. The van der Waals surface area contributed by atoms with Gasteiger partial charge in [0.2, 0.25) is 0 Å². The fourth-order valence-corrected chi connectivity index (χ4v) is 3.12. The molecule has 0 unspecified atom stereocenters. The number of nitrogens with one attached hydrogen (secondary N) is 1. The highest BCUT2D eigenvalue weighted by atomic mass is 32.1. The topological polar surface area (TPSA) is 33.1 Å². The third-order valence-electron chi connectivity index (χ3n) is 4.40. The molecule has 0 aliphatic carbocycles. The molecule has 0 fully saturated rings. The normalized spacial score (nSPS) is 10.6. The van der Waals surface area contributed by atoms with E-state index < -0.39 is 0 Å². The van der Waals surface area contributed by atoms with Crippen molar-refractivity contribution in [2.75, 3.05) is 11.9 Å². The molecule has 0 atom stereocenters. The third-order valence-corrected chi connectivity index (χ3v) is 4.76. The molecule has 1 N–H and O–H groups in total. The van der Waals surface area contributed by atoms with Crippen LogP contribution in [0, 0.1) is 12.7 Å². The number of aryl methyl sites for hydroxylation is 2. The molecule has 2 aromatic carbocycles. The molecule has 0 bridgehead atoms. The second-order valence-electron chi connectivity index (χ2n) is 6.41. The van der Waals surface area contributed by atoms with Crippen LogP contribution in [-0.4, -0.2) is 26.1 Å². The molecule has 0 saturated heterocycles. The van der Waals surface area contributed by atoms with Crippen molar-refractivity contribution in [1.29, 1.82) is 0 Å². The van der Waals surface area contributed by atoms with E-state index in [4.69, 9.17) is 12.2 Å².